The molecule has 0 aliphatic carbocycles. The van der Waals surface area contributed by atoms with Crippen LogP contribution in [0.1, 0.15) is 33.6 Å². The van der Waals surface area contributed by atoms with Gasteiger partial charge in [0.15, 0.2) is 11.3 Å². The molecular formula is C10H16N2O3. The summed E-state index contributed by atoms with van der Waals surface area (Å²) in [5.74, 6) is 0. The van der Waals surface area contributed by atoms with E-state index in [-0.39, 0.29) is 13.0 Å². The minimum absolute atomic E-state index is 0.186. The highest BCUT2D eigenvalue weighted by molar-refractivity contribution is 5.72. The largest absolute Gasteiger partial charge is 0.438 e. The second-order valence-electron chi connectivity index (χ2n) is 4.03. The van der Waals surface area contributed by atoms with Crippen molar-refractivity contribution in [2.45, 2.75) is 44.9 Å². The summed E-state index contributed by atoms with van der Waals surface area (Å²) < 4.78 is 5.15. The standard InChI is InChI=1S/C10H16N2O3/c1-4-9(2)10(3,14)12(7-5-6-11)8(13)15-9/h14H,4-5,7H2,1-3H3. The van der Waals surface area contributed by atoms with Crippen LogP contribution in [0.2, 0.25) is 0 Å². The van der Waals surface area contributed by atoms with Crippen molar-refractivity contribution in [1.82, 2.24) is 4.90 Å². The van der Waals surface area contributed by atoms with Crippen molar-refractivity contribution in [3.05, 3.63) is 0 Å². The summed E-state index contributed by atoms with van der Waals surface area (Å²) in [4.78, 5) is 12.7. The first-order chi connectivity index (χ1) is 6.89. The molecule has 2 atom stereocenters. The monoisotopic (exact) mass is 212 g/mol. The summed E-state index contributed by atoms with van der Waals surface area (Å²) in [5.41, 5.74) is -2.25. The molecule has 1 aliphatic heterocycles. The normalized spacial score (nSPS) is 35.1. The van der Waals surface area contributed by atoms with Crippen molar-refractivity contribution in [1.29, 1.82) is 5.26 Å². The van der Waals surface area contributed by atoms with Gasteiger partial charge in [-0.3, -0.25) is 4.90 Å². The van der Waals surface area contributed by atoms with Crippen LogP contribution in [0.5, 0.6) is 0 Å². The molecule has 1 amide bonds. The molecule has 0 radical (unpaired) electrons. The Hall–Kier alpha value is -1.28. The molecule has 0 bridgehead atoms. The molecular weight excluding hydrogens is 196 g/mol. The Labute approximate surface area is 89.2 Å². The van der Waals surface area contributed by atoms with Gasteiger partial charge in [0.25, 0.3) is 0 Å². The van der Waals surface area contributed by atoms with E-state index in [4.69, 9.17) is 10.00 Å². The zero-order valence-corrected chi connectivity index (χ0v) is 9.28. The number of aliphatic hydroxyl groups is 1. The van der Waals surface area contributed by atoms with E-state index < -0.39 is 17.4 Å². The second kappa shape index (κ2) is 3.70. The molecule has 84 valence electrons. The summed E-state index contributed by atoms with van der Waals surface area (Å²) in [7, 11) is 0. The maximum absolute atomic E-state index is 11.5. The number of carbonyl (C=O) groups excluding carboxylic acids is 1. The van der Waals surface area contributed by atoms with Crippen LogP contribution < -0.4 is 0 Å². The van der Waals surface area contributed by atoms with Gasteiger partial charge in [-0.05, 0) is 20.3 Å². The molecule has 1 rings (SSSR count). The zero-order valence-electron chi connectivity index (χ0n) is 9.28. The fourth-order valence-corrected chi connectivity index (χ4v) is 1.69. The van der Waals surface area contributed by atoms with Crippen LogP contribution in [0.15, 0.2) is 0 Å². The maximum atomic E-state index is 11.5. The lowest BCUT2D eigenvalue weighted by molar-refractivity contribution is -0.136. The Kier molecular flexibility index (Phi) is 2.91. The lowest BCUT2D eigenvalue weighted by Gasteiger charge is -2.36. The molecule has 1 heterocycles. The van der Waals surface area contributed by atoms with E-state index >= 15 is 0 Å². The van der Waals surface area contributed by atoms with Crippen LogP contribution in [-0.4, -0.2) is 34.0 Å². The maximum Gasteiger partial charge on any atom is 0.412 e. The lowest BCUT2D eigenvalue weighted by atomic mass is 9.91. The van der Waals surface area contributed by atoms with Gasteiger partial charge in [-0.2, -0.15) is 5.26 Å². The number of nitrogens with zero attached hydrogens (tertiary/aromatic N) is 2. The first-order valence-corrected chi connectivity index (χ1v) is 4.99. The average Bonchev–Trinajstić information content (AvgIpc) is 2.33. The number of rotatable bonds is 3. The van der Waals surface area contributed by atoms with Gasteiger partial charge < -0.3 is 9.84 Å². The molecule has 5 heteroatoms. The van der Waals surface area contributed by atoms with E-state index in [1.54, 1.807) is 13.8 Å². The Balaban J connectivity index is 2.91. The van der Waals surface area contributed by atoms with E-state index in [0.29, 0.717) is 6.42 Å². The number of nitriles is 1. The van der Waals surface area contributed by atoms with Gasteiger partial charge in [0.1, 0.15) is 0 Å². The molecule has 1 saturated heterocycles. The van der Waals surface area contributed by atoms with E-state index in [1.807, 2.05) is 13.0 Å². The Morgan fingerprint density at radius 1 is 1.60 bits per heavy atom. The van der Waals surface area contributed by atoms with Gasteiger partial charge in [0.2, 0.25) is 0 Å². The topological polar surface area (TPSA) is 73.6 Å². The molecule has 1 aliphatic rings. The lowest BCUT2D eigenvalue weighted by Crippen LogP contribution is -2.54. The SMILES string of the molecule is CCC1(C)OC(=O)N(CCC#N)C1(C)O. The molecule has 0 saturated carbocycles. The summed E-state index contributed by atoms with van der Waals surface area (Å²) in [6, 6.07) is 1.94. The third-order valence-corrected chi connectivity index (χ3v) is 3.18. The Morgan fingerprint density at radius 2 is 2.20 bits per heavy atom. The highest BCUT2D eigenvalue weighted by atomic mass is 16.6. The van der Waals surface area contributed by atoms with Gasteiger partial charge in [-0.15, -0.1) is 0 Å². The van der Waals surface area contributed by atoms with E-state index in [1.165, 1.54) is 4.90 Å². The fraction of sp³-hybridized carbons (Fsp3) is 0.800. The molecule has 1 N–H and O–H groups in total. The number of hydrogen-bond acceptors (Lipinski definition) is 4. The summed E-state index contributed by atoms with van der Waals surface area (Å²) in [6.07, 6.45) is 0.152. The van der Waals surface area contributed by atoms with E-state index in [9.17, 15) is 9.90 Å². The average molecular weight is 212 g/mol. The molecule has 15 heavy (non-hydrogen) atoms. The second-order valence-corrected chi connectivity index (χ2v) is 4.03. The van der Waals surface area contributed by atoms with Gasteiger partial charge >= 0.3 is 6.09 Å². The van der Waals surface area contributed by atoms with Crippen molar-refractivity contribution < 1.29 is 14.6 Å². The Morgan fingerprint density at radius 3 is 2.60 bits per heavy atom. The van der Waals surface area contributed by atoms with Crippen LogP contribution in [0.3, 0.4) is 0 Å². The predicted octanol–water partition coefficient (Wildman–Crippen LogP) is 1.23. The third kappa shape index (κ3) is 1.65. The Bertz CT molecular complexity index is 308. The van der Waals surface area contributed by atoms with Crippen LogP contribution in [-0.2, 0) is 4.74 Å². The van der Waals surface area contributed by atoms with Crippen LogP contribution in [0.4, 0.5) is 4.79 Å². The van der Waals surface area contributed by atoms with Crippen molar-refractivity contribution in [3.8, 4) is 6.07 Å². The van der Waals surface area contributed by atoms with Crippen molar-refractivity contribution in [2.24, 2.45) is 0 Å². The number of carbonyl (C=O) groups is 1. The van der Waals surface area contributed by atoms with E-state index in [0.717, 1.165) is 0 Å². The highest BCUT2D eigenvalue weighted by Crippen LogP contribution is 2.39. The third-order valence-electron chi connectivity index (χ3n) is 3.18. The minimum Gasteiger partial charge on any atom is -0.438 e. The fourth-order valence-electron chi connectivity index (χ4n) is 1.69. The molecule has 2 unspecified atom stereocenters. The molecule has 0 aromatic carbocycles. The van der Waals surface area contributed by atoms with Gasteiger partial charge in [-0.1, -0.05) is 6.92 Å². The van der Waals surface area contributed by atoms with Gasteiger partial charge in [0, 0.05) is 6.54 Å². The van der Waals surface area contributed by atoms with Crippen LogP contribution >= 0.6 is 0 Å². The molecule has 0 aromatic heterocycles. The molecule has 0 spiro atoms. The van der Waals surface area contributed by atoms with Gasteiger partial charge in [-0.25, -0.2) is 4.79 Å². The van der Waals surface area contributed by atoms with Crippen LogP contribution in [0, 0.1) is 11.3 Å². The number of amides is 1. The van der Waals surface area contributed by atoms with Gasteiger partial charge in [0.05, 0.1) is 12.5 Å². The van der Waals surface area contributed by atoms with Crippen molar-refractivity contribution >= 4 is 6.09 Å². The van der Waals surface area contributed by atoms with E-state index in [2.05, 4.69) is 0 Å². The molecule has 5 nitrogen and oxygen atoms in total. The first-order valence-electron chi connectivity index (χ1n) is 4.99. The quantitative estimate of drug-likeness (QED) is 0.763. The summed E-state index contributed by atoms with van der Waals surface area (Å²) >= 11 is 0. The highest BCUT2D eigenvalue weighted by Gasteiger charge is 2.57. The minimum atomic E-state index is -1.35. The number of cyclic esters (lactones) is 1. The zero-order chi connectivity index (χ0) is 11.7. The van der Waals surface area contributed by atoms with Crippen LogP contribution in [0.25, 0.3) is 0 Å². The summed E-state index contributed by atoms with van der Waals surface area (Å²) in [5, 5.41) is 18.7. The number of ether oxygens (including phenoxy) is 1. The predicted molar refractivity (Wildman–Crippen MR) is 52.7 cm³/mol. The van der Waals surface area contributed by atoms with Crippen molar-refractivity contribution in [2.75, 3.05) is 6.54 Å². The summed E-state index contributed by atoms with van der Waals surface area (Å²) in [6.45, 7) is 5.27. The molecule has 0 aromatic rings. The first kappa shape index (κ1) is 11.8. The molecule has 1 fully saturated rings. The van der Waals surface area contributed by atoms with Crippen molar-refractivity contribution in [3.63, 3.8) is 0 Å². The smallest absolute Gasteiger partial charge is 0.412 e. The number of hydrogen-bond donors (Lipinski definition) is 1.